The number of benzene rings is 1. The number of rotatable bonds is 6. The van der Waals surface area contributed by atoms with Crippen LogP contribution in [0.3, 0.4) is 0 Å². The molecule has 1 aliphatic heterocycles. The number of anilines is 1. The number of nitrogens with zero attached hydrogens (tertiary/aromatic N) is 4. The van der Waals surface area contributed by atoms with Crippen molar-refractivity contribution in [2.24, 2.45) is 18.4 Å². The number of halogens is 3. The molecule has 0 radical (unpaired) electrons. The third-order valence-electron chi connectivity index (χ3n) is 6.72. The molecule has 0 bridgehead atoms. The Bertz CT molecular complexity index is 1170. The average molecular weight is 442 g/mol. The van der Waals surface area contributed by atoms with E-state index in [-0.39, 0.29) is 25.3 Å². The summed E-state index contributed by atoms with van der Waals surface area (Å²) >= 11 is 0. The smallest absolute Gasteiger partial charge is 0.344 e. The van der Waals surface area contributed by atoms with Crippen LogP contribution < -0.4 is 5.32 Å². The summed E-state index contributed by atoms with van der Waals surface area (Å²) in [6, 6.07) is 8.23. The number of nitrogens with one attached hydrogen (secondary N) is 1. The van der Waals surface area contributed by atoms with Crippen LogP contribution in [0.5, 0.6) is 0 Å². The molecule has 1 aromatic carbocycles. The second-order valence-corrected chi connectivity index (χ2v) is 9.07. The fourth-order valence-corrected chi connectivity index (χ4v) is 4.52. The van der Waals surface area contributed by atoms with Crippen LogP contribution in [0, 0.1) is 11.3 Å². The van der Waals surface area contributed by atoms with Gasteiger partial charge in [0.25, 0.3) is 0 Å². The molecule has 1 aliphatic carbocycles. The first-order chi connectivity index (χ1) is 15.3. The number of fused-ring (bicyclic) bond motifs is 1. The van der Waals surface area contributed by atoms with E-state index in [1.165, 1.54) is 0 Å². The van der Waals surface area contributed by atoms with Gasteiger partial charge in [0, 0.05) is 61.6 Å². The van der Waals surface area contributed by atoms with E-state index < -0.39 is 11.6 Å². The third-order valence-corrected chi connectivity index (χ3v) is 6.72. The Morgan fingerprint density at radius 3 is 2.56 bits per heavy atom. The zero-order chi connectivity index (χ0) is 22.5. The molecule has 5 rings (SSSR count). The molecule has 1 saturated carbocycles. The van der Waals surface area contributed by atoms with E-state index in [0.717, 1.165) is 33.4 Å². The van der Waals surface area contributed by atoms with Crippen molar-refractivity contribution in [1.82, 2.24) is 19.7 Å². The number of aromatic nitrogens is 3. The minimum atomic E-state index is -4.09. The largest absolute Gasteiger partial charge is 0.395 e. The quantitative estimate of drug-likeness (QED) is 0.569. The maximum atomic E-state index is 13.2. The van der Waals surface area contributed by atoms with E-state index >= 15 is 0 Å². The summed E-state index contributed by atoms with van der Waals surface area (Å²) in [5.74, 6) is 0.935. The Hall–Kier alpha value is -2.87. The maximum absolute atomic E-state index is 13.2. The Kier molecular flexibility index (Phi) is 5.00. The Labute approximate surface area is 184 Å². The lowest BCUT2D eigenvalue weighted by Crippen LogP contribution is -2.52. The molecule has 2 aliphatic rings. The van der Waals surface area contributed by atoms with Gasteiger partial charge in [-0.25, -0.2) is 4.98 Å². The van der Waals surface area contributed by atoms with E-state index in [1.807, 2.05) is 55.7 Å². The summed E-state index contributed by atoms with van der Waals surface area (Å²) < 4.78 is 41.5. The highest BCUT2D eigenvalue weighted by Crippen LogP contribution is 2.58. The van der Waals surface area contributed by atoms with E-state index in [0.29, 0.717) is 13.1 Å². The summed E-state index contributed by atoms with van der Waals surface area (Å²) in [5, 5.41) is 9.75. The van der Waals surface area contributed by atoms with Gasteiger partial charge in [-0.1, -0.05) is 18.2 Å². The van der Waals surface area contributed by atoms with Crippen LogP contribution in [-0.2, 0) is 7.05 Å². The highest BCUT2D eigenvalue weighted by Gasteiger charge is 2.64. The standard InChI is InChI=1S/C24H26F3N5/c1-3-21(20-13-32(14-20)15-23(6-7-23)24(25,26)27)30-22-9-18-8-16(4-5-17(18)10-28-22)19-11-29-31(2)12-19/h3-5,8-12,20H,6-7,13-15H2,1-2H3,(H,28,30)/b21-3-. The zero-order valence-corrected chi connectivity index (χ0v) is 18.2. The van der Waals surface area contributed by atoms with Gasteiger partial charge in [0.05, 0.1) is 11.6 Å². The van der Waals surface area contributed by atoms with Gasteiger partial charge >= 0.3 is 6.18 Å². The molecule has 3 heterocycles. The Morgan fingerprint density at radius 1 is 1.16 bits per heavy atom. The van der Waals surface area contributed by atoms with Crippen molar-refractivity contribution in [3.8, 4) is 11.1 Å². The minimum absolute atomic E-state index is 0.120. The summed E-state index contributed by atoms with van der Waals surface area (Å²) in [6.45, 7) is 3.35. The van der Waals surface area contributed by atoms with E-state index in [9.17, 15) is 13.2 Å². The monoisotopic (exact) mass is 441 g/mol. The van der Waals surface area contributed by atoms with E-state index in [2.05, 4.69) is 27.5 Å². The normalized spacial score (nSPS) is 19.2. The lowest BCUT2D eigenvalue weighted by molar-refractivity contribution is -0.195. The van der Waals surface area contributed by atoms with Crippen LogP contribution in [0.1, 0.15) is 19.8 Å². The van der Waals surface area contributed by atoms with Crippen molar-refractivity contribution in [2.75, 3.05) is 25.0 Å². The predicted molar refractivity (Wildman–Crippen MR) is 119 cm³/mol. The first-order valence-electron chi connectivity index (χ1n) is 10.9. The van der Waals surface area contributed by atoms with Crippen LogP contribution in [0.2, 0.25) is 0 Å². The van der Waals surface area contributed by atoms with Crippen LogP contribution in [0.25, 0.3) is 21.9 Å². The number of hydrogen-bond donors (Lipinski definition) is 1. The van der Waals surface area contributed by atoms with Gasteiger partial charge < -0.3 is 10.2 Å². The zero-order valence-electron chi connectivity index (χ0n) is 18.2. The second kappa shape index (κ2) is 7.62. The number of alkyl halides is 3. The molecule has 32 heavy (non-hydrogen) atoms. The van der Waals surface area contributed by atoms with Gasteiger partial charge in [-0.05, 0) is 42.8 Å². The Balaban J connectivity index is 1.26. The fraction of sp³-hybridized carbons (Fsp3) is 0.417. The van der Waals surface area contributed by atoms with Crippen molar-refractivity contribution in [1.29, 1.82) is 0 Å². The van der Waals surface area contributed by atoms with Crippen molar-refractivity contribution < 1.29 is 13.2 Å². The van der Waals surface area contributed by atoms with Crippen molar-refractivity contribution in [3.63, 3.8) is 0 Å². The molecule has 3 aromatic rings. The fourth-order valence-electron chi connectivity index (χ4n) is 4.52. The molecular formula is C24H26F3N5. The Morgan fingerprint density at radius 2 is 1.94 bits per heavy atom. The maximum Gasteiger partial charge on any atom is 0.395 e. The average Bonchev–Trinajstić information content (AvgIpc) is 3.41. The number of allylic oxidation sites excluding steroid dienone is 1. The molecule has 2 fully saturated rings. The molecule has 0 spiro atoms. The first-order valence-corrected chi connectivity index (χ1v) is 10.9. The predicted octanol–water partition coefficient (Wildman–Crippen LogP) is 5.23. The van der Waals surface area contributed by atoms with Gasteiger partial charge in [-0.2, -0.15) is 18.3 Å². The first kappa shape index (κ1) is 21.0. The molecule has 0 amide bonds. The number of pyridine rings is 1. The topological polar surface area (TPSA) is 46.0 Å². The van der Waals surface area contributed by atoms with Gasteiger partial charge in [0.1, 0.15) is 5.82 Å². The summed E-state index contributed by atoms with van der Waals surface area (Å²) in [6.07, 6.45) is 4.08. The molecule has 2 aromatic heterocycles. The minimum Gasteiger partial charge on any atom is -0.344 e. The molecule has 5 nitrogen and oxygen atoms in total. The SMILES string of the molecule is C/C=C(\Nc1cc2cc(-c3cnn(C)c3)ccc2cn1)C1CN(CC2(C(F)(F)F)CC2)C1. The number of hydrogen-bond acceptors (Lipinski definition) is 4. The summed E-state index contributed by atoms with van der Waals surface area (Å²) in [7, 11) is 1.89. The highest BCUT2D eigenvalue weighted by atomic mass is 19.4. The highest BCUT2D eigenvalue weighted by molar-refractivity contribution is 5.88. The number of aryl methyl sites for hydroxylation is 1. The molecule has 1 N–H and O–H groups in total. The van der Waals surface area contributed by atoms with E-state index in [4.69, 9.17) is 0 Å². The molecule has 168 valence electrons. The lowest BCUT2D eigenvalue weighted by atomic mass is 9.93. The third kappa shape index (κ3) is 3.88. The van der Waals surface area contributed by atoms with Crippen LogP contribution in [0.15, 0.2) is 54.6 Å². The summed E-state index contributed by atoms with van der Waals surface area (Å²) in [5.41, 5.74) is 1.68. The summed E-state index contributed by atoms with van der Waals surface area (Å²) in [4.78, 5) is 6.45. The van der Waals surface area contributed by atoms with Crippen molar-refractivity contribution >= 4 is 16.6 Å². The van der Waals surface area contributed by atoms with Gasteiger partial charge in [0.2, 0.25) is 0 Å². The molecule has 8 heteroatoms. The van der Waals surface area contributed by atoms with Crippen LogP contribution in [0.4, 0.5) is 19.0 Å². The van der Waals surface area contributed by atoms with Gasteiger partial charge in [-0.15, -0.1) is 0 Å². The van der Waals surface area contributed by atoms with Gasteiger partial charge in [0.15, 0.2) is 0 Å². The van der Waals surface area contributed by atoms with E-state index in [1.54, 1.807) is 4.68 Å². The van der Waals surface area contributed by atoms with Crippen LogP contribution >= 0.6 is 0 Å². The molecular weight excluding hydrogens is 415 g/mol. The lowest BCUT2D eigenvalue weighted by Gasteiger charge is -2.42. The number of likely N-dealkylation sites (tertiary alicyclic amines) is 1. The second-order valence-electron chi connectivity index (χ2n) is 9.07. The molecule has 1 saturated heterocycles. The molecule has 0 atom stereocenters. The van der Waals surface area contributed by atoms with Crippen molar-refractivity contribution in [3.05, 3.63) is 54.6 Å². The van der Waals surface area contributed by atoms with Gasteiger partial charge in [-0.3, -0.25) is 4.68 Å². The van der Waals surface area contributed by atoms with Crippen LogP contribution in [-0.4, -0.2) is 45.5 Å². The van der Waals surface area contributed by atoms with Crippen molar-refractivity contribution in [2.45, 2.75) is 25.9 Å². The molecule has 0 unspecified atom stereocenters.